The van der Waals surface area contributed by atoms with Gasteiger partial charge in [-0.3, -0.25) is 4.79 Å². The number of carbonyl (C=O) groups is 1. The van der Waals surface area contributed by atoms with Crippen LogP contribution in [0.25, 0.3) is 0 Å². The van der Waals surface area contributed by atoms with Crippen LogP contribution in [-0.4, -0.2) is 20.9 Å². The maximum absolute atomic E-state index is 13.7. The number of anilines is 1. The van der Waals surface area contributed by atoms with Crippen LogP contribution in [0.3, 0.4) is 0 Å². The second-order valence-corrected chi connectivity index (χ2v) is 7.43. The van der Waals surface area contributed by atoms with Crippen molar-refractivity contribution in [1.29, 1.82) is 0 Å². The predicted molar refractivity (Wildman–Crippen MR) is 106 cm³/mol. The summed E-state index contributed by atoms with van der Waals surface area (Å²) < 4.78 is 49.7. The lowest BCUT2D eigenvalue weighted by Crippen LogP contribution is -2.15. The van der Waals surface area contributed by atoms with Gasteiger partial charge in [-0.2, -0.15) is 8.42 Å². The minimum atomic E-state index is -4.23. The summed E-state index contributed by atoms with van der Waals surface area (Å²) in [5, 5.41) is 2.41. The summed E-state index contributed by atoms with van der Waals surface area (Å²) in [5.74, 6) is -0.926. The number of halogens is 1. The SMILES string of the molecule is CCOc1ccccc1OS(=O)(=O)c1cccc(C(=O)Nc2ccccc2F)c1. The van der Waals surface area contributed by atoms with Crippen LogP contribution in [0.2, 0.25) is 0 Å². The molecule has 8 heteroatoms. The smallest absolute Gasteiger partial charge is 0.339 e. The van der Waals surface area contributed by atoms with E-state index in [1.807, 2.05) is 0 Å². The molecule has 1 amide bonds. The largest absolute Gasteiger partial charge is 0.490 e. The van der Waals surface area contributed by atoms with Crippen molar-refractivity contribution in [3.8, 4) is 11.5 Å². The maximum Gasteiger partial charge on any atom is 0.339 e. The van der Waals surface area contributed by atoms with Gasteiger partial charge in [-0.05, 0) is 49.4 Å². The Morgan fingerprint density at radius 2 is 1.66 bits per heavy atom. The molecule has 29 heavy (non-hydrogen) atoms. The maximum atomic E-state index is 13.7. The zero-order valence-electron chi connectivity index (χ0n) is 15.5. The normalized spacial score (nSPS) is 11.0. The van der Waals surface area contributed by atoms with E-state index in [4.69, 9.17) is 8.92 Å². The molecule has 0 aliphatic carbocycles. The van der Waals surface area contributed by atoms with E-state index in [1.54, 1.807) is 31.2 Å². The van der Waals surface area contributed by atoms with Gasteiger partial charge in [-0.15, -0.1) is 0 Å². The van der Waals surface area contributed by atoms with Crippen molar-refractivity contribution < 1.29 is 26.5 Å². The molecule has 0 radical (unpaired) electrons. The quantitative estimate of drug-likeness (QED) is 0.584. The molecule has 0 aromatic heterocycles. The third kappa shape index (κ3) is 4.91. The number of nitrogens with one attached hydrogen (secondary N) is 1. The molecule has 0 bridgehead atoms. The van der Waals surface area contributed by atoms with E-state index < -0.39 is 21.8 Å². The van der Waals surface area contributed by atoms with Gasteiger partial charge >= 0.3 is 10.1 Å². The summed E-state index contributed by atoms with van der Waals surface area (Å²) in [7, 11) is -4.23. The first-order valence-corrected chi connectivity index (χ1v) is 10.1. The van der Waals surface area contributed by atoms with Gasteiger partial charge in [0.25, 0.3) is 5.91 Å². The van der Waals surface area contributed by atoms with Crippen LogP contribution in [0.15, 0.2) is 77.7 Å². The van der Waals surface area contributed by atoms with Crippen LogP contribution in [0.4, 0.5) is 10.1 Å². The van der Waals surface area contributed by atoms with E-state index in [1.165, 1.54) is 42.5 Å². The lowest BCUT2D eigenvalue weighted by atomic mass is 10.2. The number of amides is 1. The third-order valence-electron chi connectivity index (χ3n) is 3.86. The lowest BCUT2D eigenvalue weighted by Gasteiger charge is -2.12. The van der Waals surface area contributed by atoms with E-state index in [9.17, 15) is 17.6 Å². The number of carbonyl (C=O) groups excluding carboxylic acids is 1. The number of hydrogen-bond acceptors (Lipinski definition) is 5. The van der Waals surface area contributed by atoms with Crippen molar-refractivity contribution in [1.82, 2.24) is 0 Å². The topological polar surface area (TPSA) is 81.7 Å². The molecule has 0 fully saturated rings. The highest BCUT2D eigenvalue weighted by Crippen LogP contribution is 2.29. The molecule has 0 spiro atoms. The second-order valence-electron chi connectivity index (χ2n) is 5.88. The number of rotatable bonds is 7. The number of ether oxygens (including phenoxy) is 1. The van der Waals surface area contributed by atoms with Crippen LogP contribution in [-0.2, 0) is 10.1 Å². The van der Waals surface area contributed by atoms with Gasteiger partial charge in [0.2, 0.25) is 0 Å². The van der Waals surface area contributed by atoms with E-state index in [2.05, 4.69) is 5.32 Å². The number of benzene rings is 3. The Kier molecular flexibility index (Phi) is 6.13. The molecule has 0 saturated heterocycles. The molecule has 0 unspecified atom stereocenters. The molecule has 0 atom stereocenters. The summed E-state index contributed by atoms with van der Waals surface area (Å²) in [6, 6.07) is 17.3. The van der Waals surface area contributed by atoms with E-state index in [-0.39, 0.29) is 27.6 Å². The van der Waals surface area contributed by atoms with E-state index in [0.717, 1.165) is 6.07 Å². The monoisotopic (exact) mass is 415 g/mol. The number of hydrogen-bond donors (Lipinski definition) is 1. The van der Waals surface area contributed by atoms with Gasteiger partial charge in [-0.1, -0.05) is 30.3 Å². The van der Waals surface area contributed by atoms with Crippen LogP contribution in [0.5, 0.6) is 11.5 Å². The molecule has 3 aromatic rings. The molecule has 0 aliphatic heterocycles. The summed E-state index contributed by atoms with van der Waals surface area (Å²) in [4.78, 5) is 12.2. The fourth-order valence-electron chi connectivity index (χ4n) is 2.51. The zero-order valence-corrected chi connectivity index (χ0v) is 16.3. The second kappa shape index (κ2) is 8.74. The van der Waals surface area contributed by atoms with Crippen LogP contribution in [0, 0.1) is 5.82 Å². The molecular weight excluding hydrogens is 397 g/mol. The Balaban J connectivity index is 1.85. The third-order valence-corrected chi connectivity index (χ3v) is 5.09. The predicted octanol–water partition coefficient (Wildman–Crippen LogP) is 4.24. The average molecular weight is 415 g/mol. The van der Waals surface area contributed by atoms with Crippen LogP contribution < -0.4 is 14.2 Å². The lowest BCUT2D eigenvalue weighted by molar-refractivity contribution is 0.102. The van der Waals surface area contributed by atoms with Crippen molar-refractivity contribution in [3.05, 3.63) is 84.2 Å². The number of para-hydroxylation sites is 3. The van der Waals surface area contributed by atoms with Crippen molar-refractivity contribution in [3.63, 3.8) is 0 Å². The van der Waals surface area contributed by atoms with Crippen molar-refractivity contribution in [2.24, 2.45) is 0 Å². The molecule has 0 saturated carbocycles. The first-order chi connectivity index (χ1) is 13.9. The fraction of sp³-hybridized carbons (Fsp3) is 0.0952. The molecule has 1 N–H and O–H groups in total. The van der Waals surface area contributed by atoms with Crippen LogP contribution in [0.1, 0.15) is 17.3 Å². The highest BCUT2D eigenvalue weighted by atomic mass is 32.2. The van der Waals surface area contributed by atoms with Gasteiger partial charge in [0.05, 0.1) is 12.3 Å². The molecule has 0 heterocycles. The highest BCUT2D eigenvalue weighted by Gasteiger charge is 2.21. The van der Waals surface area contributed by atoms with Gasteiger partial charge < -0.3 is 14.2 Å². The Bertz CT molecular complexity index is 1130. The summed E-state index contributed by atoms with van der Waals surface area (Å²) in [6.45, 7) is 2.11. The Hall–Kier alpha value is -3.39. The van der Waals surface area contributed by atoms with E-state index in [0.29, 0.717) is 6.61 Å². The first-order valence-electron chi connectivity index (χ1n) is 8.73. The van der Waals surface area contributed by atoms with E-state index >= 15 is 0 Å². The molecule has 3 aromatic carbocycles. The Labute approximate surface area is 168 Å². The minimum absolute atomic E-state index is 0.00680. The average Bonchev–Trinajstić information content (AvgIpc) is 2.71. The van der Waals surface area contributed by atoms with Crippen molar-refractivity contribution >= 4 is 21.7 Å². The molecule has 6 nitrogen and oxygen atoms in total. The summed E-state index contributed by atoms with van der Waals surface area (Å²) in [6.07, 6.45) is 0. The molecule has 3 rings (SSSR count). The molecular formula is C21H18FNO5S. The van der Waals surface area contributed by atoms with Gasteiger partial charge in [0.1, 0.15) is 10.7 Å². The molecule has 0 aliphatic rings. The summed E-state index contributed by atoms with van der Waals surface area (Å²) >= 11 is 0. The Morgan fingerprint density at radius 3 is 2.38 bits per heavy atom. The summed E-state index contributed by atoms with van der Waals surface area (Å²) in [5.41, 5.74) is 0.0312. The van der Waals surface area contributed by atoms with Crippen molar-refractivity contribution in [2.75, 3.05) is 11.9 Å². The fourth-order valence-corrected chi connectivity index (χ4v) is 3.50. The van der Waals surface area contributed by atoms with Gasteiger partial charge in [-0.25, -0.2) is 4.39 Å². The zero-order chi connectivity index (χ0) is 20.9. The van der Waals surface area contributed by atoms with Crippen molar-refractivity contribution in [2.45, 2.75) is 11.8 Å². The highest BCUT2D eigenvalue weighted by molar-refractivity contribution is 7.87. The standard InChI is InChI=1S/C21H18FNO5S/c1-2-27-19-12-5-6-13-20(19)28-29(25,26)16-9-7-8-15(14-16)21(24)23-18-11-4-3-10-17(18)22/h3-14H,2H2,1H3,(H,23,24). The molecule has 150 valence electrons. The van der Waals surface area contributed by atoms with Gasteiger partial charge in [0.15, 0.2) is 11.5 Å². The first kappa shape index (κ1) is 20.3. The Morgan fingerprint density at radius 1 is 0.966 bits per heavy atom. The van der Waals surface area contributed by atoms with Crippen LogP contribution >= 0.6 is 0 Å². The van der Waals surface area contributed by atoms with Gasteiger partial charge in [0, 0.05) is 5.56 Å². The minimum Gasteiger partial charge on any atom is -0.490 e.